The molecule has 0 radical (unpaired) electrons. The van der Waals surface area contributed by atoms with Gasteiger partial charge in [0.05, 0.1) is 17.2 Å². The van der Waals surface area contributed by atoms with Crippen molar-refractivity contribution in [1.82, 2.24) is 4.98 Å². The molecular formula is C18H17F3N2O6S. The third-order valence-electron chi connectivity index (χ3n) is 3.33. The van der Waals surface area contributed by atoms with Crippen LogP contribution >= 0.6 is 11.3 Å². The standard InChI is InChI=1S/C18H17F3N2O6S/c1-3-27-17(26)15-10(2)6-14(30-15)23-12(24)8-28-16(25)11-4-5-13(22-7-11)29-9-18(19,20)21/h4-7H,3,8-9H2,1-2H3,(H,23,24). The number of anilines is 1. The number of hydrogen-bond donors (Lipinski definition) is 1. The molecule has 2 aromatic rings. The molecule has 1 amide bonds. The number of aromatic nitrogens is 1. The molecule has 0 aliphatic carbocycles. The number of aryl methyl sites for hydroxylation is 1. The van der Waals surface area contributed by atoms with Crippen LogP contribution in [-0.4, -0.2) is 48.8 Å². The van der Waals surface area contributed by atoms with Crippen LogP contribution in [-0.2, 0) is 14.3 Å². The number of rotatable bonds is 8. The summed E-state index contributed by atoms with van der Waals surface area (Å²) in [5.41, 5.74) is 0.559. The Labute approximate surface area is 173 Å². The van der Waals surface area contributed by atoms with Crippen molar-refractivity contribution in [3.63, 3.8) is 0 Å². The number of esters is 2. The van der Waals surface area contributed by atoms with Crippen molar-refractivity contribution < 1.29 is 41.8 Å². The topological polar surface area (TPSA) is 104 Å². The number of nitrogens with one attached hydrogen (secondary N) is 1. The maximum absolute atomic E-state index is 12.1. The number of pyridine rings is 1. The second-order valence-corrected chi connectivity index (χ2v) is 6.81. The predicted molar refractivity (Wildman–Crippen MR) is 99.7 cm³/mol. The molecule has 1 N–H and O–H groups in total. The molecule has 0 saturated heterocycles. The summed E-state index contributed by atoms with van der Waals surface area (Å²) in [5.74, 6) is -2.35. The molecule has 0 spiro atoms. The van der Waals surface area contributed by atoms with Gasteiger partial charge in [-0.3, -0.25) is 4.79 Å². The number of amides is 1. The molecule has 0 aliphatic heterocycles. The van der Waals surface area contributed by atoms with Crippen molar-refractivity contribution in [2.24, 2.45) is 0 Å². The number of carbonyl (C=O) groups is 3. The third-order valence-corrected chi connectivity index (χ3v) is 4.46. The quantitative estimate of drug-likeness (QED) is 0.620. The van der Waals surface area contributed by atoms with Crippen molar-refractivity contribution in [3.8, 4) is 5.88 Å². The summed E-state index contributed by atoms with van der Waals surface area (Å²) < 4.78 is 50.5. The van der Waals surface area contributed by atoms with Gasteiger partial charge in [-0.15, -0.1) is 11.3 Å². The van der Waals surface area contributed by atoms with Crippen LogP contribution in [0.2, 0.25) is 0 Å². The van der Waals surface area contributed by atoms with Crippen molar-refractivity contribution in [3.05, 3.63) is 40.4 Å². The SMILES string of the molecule is CCOC(=O)c1sc(NC(=O)COC(=O)c2ccc(OCC(F)(F)F)nc2)cc1C. The van der Waals surface area contributed by atoms with Gasteiger partial charge in [0, 0.05) is 12.3 Å². The van der Waals surface area contributed by atoms with E-state index in [2.05, 4.69) is 15.0 Å². The first-order valence-corrected chi connectivity index (χ1v) is 9.31. The minimum Gasteiger partial charge on any atom is -0.468 e. The van der Waals surface area contributed by atoms with E-state index in [1.807, 2.05) is 0 Å². The van der Waals surface area contributed by atoms with Crippen molar-refractivity contribution in [1.29, 1.82) is 0 Å². The molecular weight excluding hydrogens is 429 g/mol. The van der Waals surface area contributed by atoms with E-state index >= 15 is 0 Å². The normalized spacial score (nSPS) is 11.0. The zero-order chi connectivity index (χ0) is 22.3. The van der Waals surface area contributed by atoms with E-state index < -0.39 is 37.2 Å². The Morgan fingerprint density at radius 2 is 1.90 bits per heavy atom. The Bertz CT molecular complexity index is 912. The molecule has 0 aliphatic rings. The van der Waals surface area contributed by atoms with E-state index in [4.69, 9.17) is 9.47 Å². The van der Waals surface area contributed by atoms with E-state index in [0.717, 1.165) is 29.7 Å². The average molecular weight is 446 g/mol. The Morgan fingerprint density at radius 3 is 2.50 bits per heavy atom. The predicted octanol–water partition coefficient (Wildman–Crippen LogP) is 3.36. The smallest absolute Gasteiger partial charge is 0.422 e. The summed E-state index contributed by atoms with van der Waals surface area (Å²) in [6.45, 7) is 1.46. The summed E-state index contributed by atoms with van der Waals surface area (Å²) in [5, 5.41) is 2.88. The maximum Gasteiger partial charge on any atom is 0.422 e. The lowest BCUT2D eigenvalue weighted by Gasteiger charge is -2.08. The minimum atomic E-state index is -4.51. The summed E-state index contributed by atoms with van der Waals surface area (Å²) in [7, 11) is 0. The van der Waals surface area contributed by atoms with Crippen LogP contribution in [0.15, 0.2) is 24.4 Å². The van der Waals surface area contributed by atoms with Crippen molar-refractivity contribution in [2.75, 3.05) is 25.1 Å². The molecule has 8 nitrogen and oxygen atoms in total. The lowest BCUT2D eigenvalue weighted by atomic mass is 10.3. The third kappa shape index (κ3) is 7.03. The van der Waals surface area contributed by atoms with Gasteiger partial charge in [-0.05, 0) is 31.5 Å². The first kappa shape index (κ1) is 23.1. The van der Waals surface area contributed by atoms with Gasteiger partial charge in [0.1, 0.15) is 4.88 Å². The molecule has 0 bridgehead atoms. The summed E-state index contributed by atoms with van der Waals surface area (Å²) >= 11 is 1.02. The highest BCUT2D eigenvalue weighted by Crippen LogP contribution is 2.27. The number of alkyl halides is 3. The molecule has 2 heterocycles. The van der Waals surface area contributed by atoms with E-state index in [-0.39, 0.29) is 18.1 Å². The summed E-state index contributed by atoms with van der Waals surface area (Å²) in [4.78, 5) is 39.6. The number of carbonyl (C=O) groups excluding carboxylic acids is 3. The average Bonchev–Trinajstić information content (AvgIpc) is 3.04. The second-order valence-electron chi connectivity index (χ2n) is 5.76. The maximum atomic E-state index is 12.1. The fraction of sp³-hybridized carbons (Fsp3) is 0.333. The highest BCUT2D eigenvalue weighted by Gasteiger charge is 2.28. The molecule has 2 aromatic heterocycles. The van der Waals surface area contributed by atoms with Crippen molar-refractivity contribution in [2.45, 2.75) is 20.0 Å². The van der Waals surface area contributed by atoms with Crippen LogP contribution < -0.4 is 10.1 Å². The number of hydrogen-bond acceptors (Lipinski definition) is 8. The molecule has 0 unspecified atom stereocenters. The van der Waals surface area contributed by atoms with Gasteiger partial charge in [-0.25, -0.2) is 14.6 Å². The lowest BCUT2D eigenvalue weighted by Crippen LogP contribution is -2.21. The van der Waals surface area contributed by atoms with Crippen LogP contribution in [0, 0.1) is 6.92 Å². The molecule has 162 valence electrons. The first-order chi connectivity index (χ1) is 14.1. The molecule has 2 rings (SSSR count). The molecule has 0 fully saturated rings. The number of halogens is 3. The number of thiophene rings is 1. The molecule has 12 heteroatoms. The highest BCUT2D eigenvalue weighted by atomic mass is 32.1. The number of ether oxygens (including phenoxy) is 3. The van der Waals surface area contributed by atoms with Gasteiger partial charge >= 0.3 is 18.1 Å². The van der Waals surface area contributed by atoms with Gasteiger partial charge in [0.15, 0.2) is 13.2 Å². The minimum absolute atomic E-state index is 0.0706. The largest absolute Gasteiger partial charge is 0.468 e. The van der Waals surface area contributed by atoms with Crippen LogP contribution in [0.25, 0.3) is 0 Å². The van der Waals surface area contributed by atoms with E-state index in [0.29, 0.717) is 15.4 Å². The summed E-state index contributed by atoms with van der Waals surface area (Å²) in [6, 6.07) is 3.82. The monoisotopic (exact) mass is 446 g/mol. The molecule has 0 atom stereocenters. The second kappa shape index (κ2) is 10.1. The van der Waals surface area contributed by atoms with Gasteiger partial charge in [0.25, 0.3) is 5.91 Å². The van der Waals surface area contributed by atoms with Gasteiger partial charge in [-0.2, -0.15) is 13.2 Å². The van der Waals surface area contributed by atoms with Gasteiger partial charge in [0.2, 0.25) is 5.88 Å². The van der Waals surface area contributed by atoms with Gasteiger partial charge < -0.3 is 19.5 Å². The van der Waals surface area contributed by atoms with Crippen LogP contribution in [0.5, 0.6) is 5.88 Å². The van der Waals surface area contributed by atoms with Gasteiger partial charge in [-0.1, -0.05) is 0 Å². The van der Waals surface area contributed by atoms with E-state index in [1.165, 1.54) is 0 Å². The van der Waals surface area contributed by atoms with E-state index in [1.54, 1.807) is 19.9 Å². The fourth-order valence-corrected chi connectivity index (χ4v) is 3.06. The fourth-order valence-electron chi connectivity index (χ4n) is 2.07. The summed E-state index contributed by atoms with van der Waals surface area (Å²) in [6.07, 6.45) is -3.54. The number of nitrogens with zero attached hydrogens (tertiary/aromatic N) is 1. The zero-order valence-corrected chi connectivity index (χ0v) is 16.7. The van der Waals surface area contributed by atoms with Crippen LogP contribution in [0.1, 0.15) is 32.5 Å². The Kier molecular flexibility index (Phi) is 7.75. The zero-order valence-electron chi connectivity index (χ0n) is 15.9. The Hall–Kier alpha value is -3.15. The molecule has 0 aromatic carbocycles. The van der Waals surface area contributed by atoms with Crippen molar-refractivity contribution >= 4 is 34.2 Å². The van der Waals surface area contributed by atoms with E-state index in [9.17, 15) is 27.6 Å². The Morgan fingerprint density at radius 1 is 1.17 bits per heavy atom. The van der Waals surface area contributed by atoms with Crippen LogP contribution in [0.3, 0.4) is 0 Å². The van der Waals surface area contributed by atoms with Crippen LogP contribution in [0.4, 0.5) is 18.2 Å². The highest BCUT2D eigenvalue weighted by molar-refractivity contribution is 7.18. The Balaban J connectivity index is 1.85. The first-order valence-electron chi connectivity index (χ1n) is 8.49. The molecule has 0 saturated carbocycles. The molecule has 30 heavy (non-hydrogen) atoms. The lowest BCUT2D eigenvalue weighted by molar-refractivity contribution is -0.154.